The summed E-state index contributed by atoms with van der Waals surface area (Å²) >= 11 is 0. The van der Waals surface area contributed by atoms with Crippen molar-refractivity contribution in [2.24, 2.45) is 7.05 Å². The van der Waals surface area contributed by atoms with Crippen molar-refractivity contribution < 1.29 is 15.0 Å². The minimum absolute atomic E-state index is 0.161. The molecular weight excluding hydrogens is 268 g/mol. The van der Waals surface area contributed by atoms with Gasteiger partial charge in [-0.2, -0.15) is 0 Å². The molecule has 0 atom stereocenters. The number of aromatic hydroxyl groups is 1. The van der Waals surface area contributed by atoms with Crippen LogP contribution in [0.1, 0.15) is 16.1 Å². The number of aryl methyl sites for hydroxylation is 1. The highest BCUT2D eigenvalue weighted by molar-refractivity contribution is 5.98. The number of phenolic OH excluding ortho intramolecular Hbond substituents is 1. The zero-order valence-corrected chi connectivity index (χ0v) is 11.7. The maximum Gasteiger partial charge on any atom is 0.337 e. The second kappa shape index (κ2) is 4.63. The summed E-state index contributed by atoms with van der Waals surface area (Å²) in [5, 5.41) is 19.5. The summed E-state index contributed by atoms with van der Waals surface area (Å²) in [4.78, 5) is 15.2. The molecule has 5 nitrogen and oxygen atoms in total. The zero-order valence-electron chi connectivity index (χ0n) is 11.7. The van der Waals surface area contributed by atoms with Gasteiger partial charge in [0.2, 0.25) is 0 Å². The number of aromatic carboxylic acids is 1. The smallest absolute Gasteiger partial charge is 0.337 e. The van der Waals surface area contributed by atoms with Gasteiger partial charge in [-0.25, -0.2) is 4.79 Å². The third kappa shape index (κ3) is 2.03. The lowest BCUT2D eigenvalue weighted by atomic mass is 10.1. The highest BCUT2D eigenvalue weighted by atomic mass is 16.4. The molecule has 0 radical (unpaired) electrons. The van der Waals surface area contributed by atoms with Crippen molar-refractivity contribution in [1.29, 1.82) is 0 Å². The second-order valence-electron chi connectivity index (χ2n) is 4.96. The Morgan fingerprint density at radius 3 is 2.62 bits per heavy atom. The standard InChI is InChI=1S/C16H14N2O3/c1-9-15(13-6-3-10(8-17-13)16(20)21)12-5-4-11(19)7-14(12)18(9)2/h3-8,19H,1-2H3,(H,20,21). The summed E-state index contributed by atoms with van der Waals surface area (Å²) in [7, 11) is 1.92. The lowest BCUT2D eigenvalue weighted by molar-refractivity contribution is 0.0696. The third-order valence-corrected chi connectivity index (χ3v) is 3.74. The van der Waals surface area contributed by atoms with Gasteiger partial charge in [0.05, 0.1) is 16.8 Å². The number of hydrogen-bond donors (Lipinski definition) is 2. The molecule has 21 heavy (non-hydrogen) atoms. The number of carboxylic acid groups (broad SMARTS) is 1. The molecule has 0 saturated heterocycles. The summed E-state index contributed by atoms with van der Waals surface area (Å²) in [5.74, 6) is -0.780. The Hall–Kier alpha value is -2.82. The number of carbonyl (C=O) groups is 1. The highest BCUT2D eigenvalue weighted by Gasteiger charge is 2.15. The molecule has 3 rings (SSSR count). The van der Waals surface area contributed by atoms with Crippen molar-refractivity contribution in [2.45, 2.75) is 6.92 Å². The molecule has 2 N–H and O–H groups in total. The van der Waals surface area contributed by atoms with E-state index < -0.39 is 5.97 Å². The molecule has 0 spiro atoms. The molecule has 5 heteroatoms. The second-order valence-corrected chi connectivity index (χ2v) is 4.96. The quantitative estimate of drug-likeness (QED) is 0.757. The Labute approximate surface area is 121 Å². The van der Waals surface area contributed by atoms with Crippen LogP contribution in [0, 0.1) is 6.92 Å². The molecule has 1 aromatic carbocycles. The predicted molar refractivity (Wildman–Crippen MR) is 79.5 cm³/mol. The molecule has 2 heterocycles. The van der Waals surface area contributed by atoms with Crippen LogP contribution in [0.5, 0.6) is 5.75 Å². The van der Waals surface area contributed by atoms with Gasteiger partial charge >= 0.3 is 5.97 Å². The van der Waals surface area contributed by atoms with Crippen LogP contribution in [-0.2, 0) is 7.05 Å². The van der Waals surface area contributed by atoms with Crippen molar-refractivity contribution in [3.63, 3.8) is 0 Å². The molecule has 0 amide bonds. The van der Waals surface area contributed by atoms with Crippen LogP contribution in [0.4, 0.5) is 0 Å². The van der Waals surface area contributed by atoms with E-state index in [2.05, 4.69) is 4.98 Å². The number of pyridine rings is 1. The van der Waals surface area contributed by atoms with Crippen LogP contribution < -0.4 is 0 Å². The molecule has 106 valence electrons. The normalized spacial score (nSPS) is 11.0. The predicted octanol–water partition coefficient (Wildman–Crippen LogP) is 2.95. The monoisotopic (exact) mass is 282 g/mol. The molecular formula is C16H14N2O3. The fourth-order valence-electron chi connectivity index (χ4n) is 2.54. The van der Waals surface area contributed by atoms with E-state index in [1.54, 1.807) is 24.3 Å². The summed E-state index contributed by atoms with van der Waals surface area (Å²) in [6.45, 7) is 1.97. The number of hydrogen-bond acceptors (Lipinski definition) is 3. The van der Waals surface area contributed by atoms with E-state index in [-0.39, 0.29) is 11.3 Å². The molecule has 0 aliphatic carbocycles. The van der Waals surface area contributed by atoms with Crippen molar-refractivity contribution in [3.8, 4) is 17.0 Å². The maximum absolute atomic E-state index is 10.9. The number of rotatable bonds is 2. The van der Waals surface area contributed by atoms with Gasteiger partial charge in [-0.05, 0) is 31.2 Å². The van der Waals surface area contributed by atoms with Crippen molar-refractivity contribution in [1.82, 2.24) is 9.55 Å². The van der Waals surface area contributed by atoms with E-state index in [1.807, 2.05) is 24.6 Å². The van der Waals surface area contributed by atoms with E-state index in [9.17, 15) is 9.90 Å². The number of carboxylic acids is 1. The van der Waals surface area contributed by atoms with Gasteiger partial charge in [0.25, 0.3) is 0 Å². The van der Waals surface area contributed by atoms with E-state index in [4.69, 9.17) is 5.11 Å². The number of nitrogens with zero attached hydrogens (tertiary/aromatic N) is 2. The van der Waals surface area contributed by atoms with E-state index in [0.29, 0.717) is 5.69 Å². The summed E-state index contributed by atoms with van der Waals surface area (Å²) in [5.41, 5.74) is 3.74. The van der Waals surface area contributed by atoms with Crippen LogP contribution >= 0.6 is 0 Å². The van der Waals surface area contributed by atoms with Gasteiger partial charge < -0.3 is 14.8 Å². The number of phenols is 1. The van der Waals surface area contributed by atoms with Gasteiger partial charge in [-0.1, -0.05) is 0 Å². The van der Waals surface area contributed by atoms with Crippen molar-refractivity contribution in [3.05, 3.63) is 47.8 Å². The summed E-state index contributed by atoms with van der Waals surface area (Å²) < 4.78 is 1.98. The zero-order chi connectivity index (χ0) is 15.1. The average Bonchev–Trinajstić information content (AvgIpc) is 2.71. The molecule has 3 aromatic rings. The fourth-order valence-corrected chi connectivity index (χ4v) is 2.54. The Bertz CT molecular complexity index is 848. The van der Waals surface area contributed by atoms with Gasteiger partial charge in [-0.3, -0.25) is 4.98 Å². The van der Waals surface area contributed by atoms with E-state index in [1.165, 1.54) is 6.20 Å². The fraction of sp³-hybridized carbons (Fsp3) is 0.125. The van der Waals surface area contributed by atoms with Gasteiger partial charge in [0, 0.05) is 36.0 Å². The molecule has 0 saturated carbocycles. The first kappa shape index (κ1) is 13.2. The minimum Gasteiger partial charge on any atom is -0.508 e. The van der Waals surface area contributed by atoms with E-state index >= 15 is 0 Å². The van der Waals surface area contributed by atoms with Gasteiger partial charge in [0.15, 0.2) is 0 Å². The van der Waals surface area contributed by atoms with Crippen LogP contribution in [-0.4, -0.2) is 25.7 Å². The van der Waals surface area contributed by atoms with Crippen LogP contribution in [0.25, 0.3) is 22.2 Å². The first-order chi connectivity index (χ1) is 9.99. The molecule has 0 bridgehead atoms. The molecule has 0 aliphatic rings. The number of fused-ring (bicyclic) bond motifs is 1. The lowest BCUT2D eigenvalue weighted by Gasteiger charge is -2.02. The highest BCUT2D eigenvalue weighted by Crippen LogP contribution is 2.34. The van der Waals surface area contributed by atoms with Crippen molar-refractivity contribution in [2.75, 3.05) is 0 Å². The molecule has 0 fully saturated rings. The molecule has 0 aliphatic heterocycles. The Kier molecular flexibility index (Phi) is 2.90. The summed E-state index contributed by atoms with van der Waals surface area (Å²) in [6, 6.07) is 8.44. The van der Waals surface area contributed by atoms with Gasteiger partial charge in [-0.15, -0.1) is 0 Å². The number of benzene rings is 1. The Balaban J connectivity index is 2.24. The van der Waals surface area contributed by atoms with Gasteiger partial charge in [0.1, 0.15) is 5.75 Å². The Morgan fingerprint density at radius 2 is 2.00 bits per heavy atom. The van der Waals surface area contributed by atoms with Crippen LogP contribution in [0.15, 0.2) is 36.5 Å². The summed E-state index contributed by atoms with van der Waals surface area (Å²) in [6.07, 6.45) is 1.36. The van der Waals surface area contributed by atoms with Crippen LogP contribution in [0.3, 0.4) is 0 Å². The minimum atomic E-state index is -0.992. The van der Waals surface area contributed by atoms with E-state index in [0.717, 1.165) is 22.2 Å². The van der Waals surface area contributed by atoms with Crippen LogP contribution in [0.2, 0.25) is 0 Å². The maximum atomic E-state index is 10.9. The first-order valence-corrected chi connectivity index (χ1v) is 6.46. The molecule has 2 aromatic heterocycles. The van der Waals surface area contributed by atoms with Crippen molar-refractivity contribution >= 4 is 16.9 Å². The Morgan fingerprint density at radius 1 is 1.24 bits per heavy atom. The average molecular weight is 282 g/mol. The lowest BCUT2D eigenvalue weighted by Crippen LogP contribution is -1.97. The number of aromatic nitrogens is 2. The largest absolute Gasteiger partial charge is 0.508 e. The molecule has 0 unspecified atom stereocenters. The SMILES string of the molecule is Cc1c(-c2ccc(C(=O)O)cn2)c2ccc(O)cc2n1C. The topological polar surface area (TPSA) is 75.3 Å². The first-order valence-electron chi connectivity index (χ1n) is 6.46. The third-order valence-electron chi connectivity index (χ3n) is 3.74.